The van der Waals surface area contributed by atoms with Crippen molar-refractivity contribution in [3.8, 4) is 11.1 Å². The second-order valence-corrected chi connectivity index (χ2v) is 9.20. The zero-order valence-corrected chi connectivity index (χ0v) is 19.9. The van der Waals surface area contributed by atoms with Crippen LogP contribution >= 0.6 is 0 Å². The summed E-state index contributed by atoms with van der Waals surface area (Å²) in [5.74, 6) is -0.217. The predicted octanol–water partition coefficient (Wildman–Crippen LogP) is 3.97. The van der Waals surface area contributed by atoms with Gasteiger partial charge in [0.25, 0.3) is 0 Å². The third-order valence-electron chi connectivity index (χ3n) is 7.07. The van der Waals surface area contributed by atoms with Crippen molar-refractivity contribution in [1.82, 2.24) is 24.8 Å². The number of fused-ring (bicyclic) bond motifs is 3. The molecule has 1 fully saturated rings. The lowest BCUT2D eigenvalue weighted by Gasteiger charge is -2.45. The van der Waals surface area contributed by atoms with Crippen molar-refractivity contribution in [3.63, 3.8) is 0 Å². The minimum Gasteiger partial charge on any atom is -0.453 e. The monoisotopic (exact) mass is 520 g/mol. The maximum Gasteiger partial charge on any atom is 0.416 e. The van der Waals surface area contributed by atoms with Gasteiger partial charge in [-0.15, -0.1) is 0 Å². The van der Waals surface area contributed by atoms with E-state index in [1.807, 2.05) is 0 Å². The molecule has 1 spiro atoms. The number of alkyl halides is 3. The van der Waals surface area contributed by atoms with Crippen LogP contribution in [0.2, 0.25) is 0 Å². The number of methoxy groups -OCH3 is 1. The molecule has 1 aromatic carbocycles. The largest absolute Gasteiger partial charge is 0.453 e. The number of carbonyl (C=O) groups excluding carboxylic acids is 2. The molecule has 12 heteroatoms. The second kappa shape index (κ2) is 8.47. The summed E-state index contributed by atoms with van der Waals surface area (Å²) >= 11 is 0. The summed E-state index contributed by atoms with van der Waals surface area (Å²) in [6.45, 7) is 0.353. The van der Waals surface area contributed by atoms with Crippen LogP contribution in [0.3, 0.4) is 0 Å². The number of benzene rings is 1. The van der Waals surface area contributed by atoms with Crippen molar-refractivity contribution in [2.75, 3.05) is 25.1 Å². The Morgan fingerprint density at radius 2 is 1.84 bits per heavy atom. The van der Waals surface area contributed by atoms with E-state index >= 15 is 0 Å². The molecular weight excluding hydrogens is 501 g/mol. The van der Waals surface area contributed by atoms with Crippen molar-refractivity contribution in [3.05, 3.63) is 78.4 Å². The number of nitrogens with zero attached hydrogens (tertiary/aromatic N) is 6. The highest BCUT2D eigenvalue weighted by Gasteiger charge is 2.59. The first-order valence-electron chi connectivity index (χ1n) is 11.6. The minimum absolute atomic E-state index is 0.0265. The number of amides is 2. The summed E-state index contributed by atoms with van der Waals surface area (Å²) in [7, 11) is 1.28. The molecule has 5 heterocycles. The smallest absolute Gasteiger partial charge is 0.416 e. The highest BCUT2D eigenvalue weighted by Crippen LogP contribution is 2.48. The minimum atomic E-state index is -4.50. The van der Waals surface area contributed by atoms with Crippen molar-refractivity contribution >= 4 is 28.5 Å². The molecule has 6 rings (SSSR count). The Balaban J connectivity index is 1.45. The normalized spacial score (nSPS) is 16.1. The van der Waals surface area contributed by atoms with Gasteiger partial charge in [-0.05, 0) is 29.1 Å². The van der Waals surface area contributed by atoms with E-state index < -0.39 is 23.2 Å². The quantitative estimate of drug-likeness (QED) is 0.403. The van der Waals surface area contributed by atoms with Gasteiger partial charge < -0.3 is 14.5 Å². The first-order chi connectivity index (χ1) is 18.2. The third-order valence-corrected chi connectivity index (χ3v) is 7.07. The number of hydrogen-bond donors (Lipinski definition) is 0. The van der Waals surface area contributed by atoms with Crippen LogP contribution in [0.25, 0.3) is 21.9 Å². The molecule has 0 saturated carbocycles. The Morgan fingerprint density at radius 3 is 2.55 bits per heavy atom. The van der Waals surface area contributed by atoms with E-state index in [0.717, 1.165) is 17.7 Å². The van der Waals surface area contributed by atoms with Gasteiger partial charge in [-0.3, -0.25) is 14.8 Å². The molecule has 2 aliphatic rings. The zero-order chi connectivity index (χ0) is 26.7. The van der Waals surface area contributed by atoms with Gasteiger partial charge in [0.1, 0.15) is 11.7 Å². The molecule has 4 aromatic rings. The number of likely N-dealkylation sites (tertiary alicyclic amines) is 1. The number of halogens is 3. The Hall–Kier alpha value is -4.61. The van der Waals surface area contributed by atoms with Gasteiger partial charge in [0.05, 0.1) is 36.8 Å². The summed E-state index contributed by atoms with van der Waals surface area (Å²) < 4.78 is 44.9. The highest BCUT2D eigenvalue weighted by molar-refractivity contribution is 6.10. The number of anilines is 1. The van der Waals surface area contributed by atoms with Crippen LogP contribution in [0.1, 0.15) is 16.8 Å². The summed E-state index contributed by atoms with van der Waals surface area (Å²) in [4.78, 5) is 45.7. The Labute approximate surface area is 213 Å². The van der Waals surface area contributed by atoms with Crippen molar-refractivity contribution in [2.45, 2.75) is 18.1 Å². The third kappa shape index (κ3) is 3.55. The van der Waals surface area contributed by atoms with Crippen molar-refractivity contribution < 1.29 is 27.5 Å². The van der Waals surface area contributed by atoms with E-state index in [0.29, 0.717) is 33.3 Å². The molecule has 0 bridgehead atoms. The molecule has 9 nitrogen and oxygen atoms in total. The lowest BCUT2D eigenvalue weighted by Crippen LogP contribution is -2.65. The van der Waals surface area contributed by atoms with E-state index in [-0.39, 0.29) is 25.5 Å². The number of ether oxygens (including phenoxy) is 1. The van der Waals surface area contributed by atoms with Gasteiger partial charge in [-0.2, -0.15) is 13.2 Å². The molecule has 0 N–H and O–H groups in total. The Kier molecular flexibility index (Phi) is 5.30. The average molecular weight is 520 g/mol. The van der Waals surface area contributed by atoms with Crippen molar-refractivity contribution in [1.29, 1.82) is 0 Å². The molecule has 3 aromatic heterocycles. The van der Waals surface area contributed by atoms with Gasteiger partial charge in [0.2, 0.25) is 5.91 Å². The molecule has 2 aliphatic heterocycles. The topological polar surface area (TPSA) is 101 Å². The lowest BCUT2D eigenvalue weighted by atomic mass is 9.75. The van der Waals surface area contributed by atoms with E-state index in [1.165, 1.54) is 30.6 Å². The van der Waals surface area contributed by atoms with Gasteiger partial charge in [0, 0.05) is 54.4 Å². The summed E-state index contributed by atoms with van der Waals surface area (Å²) in [6.07, 6.45) is 3.98. The fraction of sp³-hybridized carbons (Fsp3) is 0.231. The zero-order valence-electron chi connectivity index (χ0n) is 19.9. The van der Waals surface area contributed by atoms with Crippen LogP contribution in [-0.2, 0) is 27.7 Å². The van der Waals surface area contributed by atoms with Crippen LogP contribution in [0.15, 0.2) is 61.6 Å². The predicted molar refractivity (Wildman–Crippen MR) is 129 cm³/mol. The lowest BCUT2D eigenvalue weighted by molar-refractivity contribution is -0.137. The maximum atomic E-state index is 13.8. The standard InChI is InChI=1S/C26H19F3N6O3/c1-38-24(37)34-12-25(13-34)19-4-5-30-10-21(19)35(23(25)36)11-20-22(16-7-31-14-32-8-16)18-3-2-17(26(27,28)29)6-15(18)9-33-20/h2-10,14H,11-13H2,1H3. The first-order valence-corrected chi connectivity index (χ1v) is 11.6. The summed E-state index contributed by atoms with van der Waals surface area (Å²) in [6, 6.07) is 5.23. The fourth-order valence-corrected chi connectivity index (χ4v) is 5.28. The first kappa shape index (κ1) is 23.8. The molecule has 0 radical (unpaired) electrons. The Bertz CT molecular complexity index is 1590. The molecule has 0 aliphatic carbocycles. The molecule has 0 unspecified atom stereocenters. The highest BCUT2D eigenvalue weighted by atomic mass is 19.4. The van der Waals surface area contributed by atoms with Gasteiger partial charge in [-0.25, -0.2) is 14.8 Å². The van der Waals surface area contributed by atoms with Gasteiger partial charge in [-0.1, -0.05) is 6.07 Å². The molecule has 1 saturated heterocycles. The second-order valence-electron chi connectivity index (χ2n) is 9.20. The van der Waals surface area contributed by atoms with Crippen LogP contribution in [-0.4, -0.2) is 57.0 Å². The Morgan fingerprint density at radius 1 is 1.08 bits per heavy atom. The van der Waals surface area contributed by atoms with Crippen LogP contribution in [0.5, 0.6) is 0 Å². The summed E-state index contributed by atoms with van der Waals surface area (Å²) in [5.41, 5.74) is 1.16. The summed E-state index contributed by atoms with van der Waals surface area (Å²) in [5, 5.41) is 0.813. The molecule has 2 amide bonds. The average Bonchev–Trinajstić information content (AvgIpc) is 3.14. The fourth-order valence-electron chi connectivity index (χ4n) is 5.28. The van der Waals surface area contributed by atoms with E-state index in [4.69, 9.17) is 4.74 Å². The van der Waals surface area contributed by atoms with E-state index in [1.54, 1.807) is 35.8 Å². The molecule has 192 valence electrons. The van der Waals surface area contributed by atoms with E-state index in [2.05, 4.69) is 19.9 Å². The van der Waals surface area contributed by atoms with Crippen molar-refractivity contribution in [2.24, 2.45) is 0 Å². The van der Waals surface area contributed by atoms with E-state index in [9.17, 15) is 22.8 Å². The van der Waals surface area contributed by atoms with Crippen LogP contribution in [0.4, 0.5) is 23.7 Å². The number of rotatable bonds is 3. The molecular formula is C26H19F3N6O3. The van der Waals surface area contributed by atoms with Crippen LogP contribution in [0, 0.1) is 0 Å². The number of carbonyl (C=O) groups is 2. The SMILES string of the molecule is COC(=O)N1CC2(C1)C(=O)N(Cc1ncc3cc(C(F)(F)F)ccc3c1-c1cncnc1)c1cnccc12. The van der Waals surface area contributed by atoms with Crippen LogP contribution < -0.4 is 4.90 Å². The number of aromatic nitrogens is 4. The van der Waals surface area contributed by atoms with Gasteiger partial charge in [0.15, 0.2) is 0 Å². The number of hydrogen-bond acceptors (Lipinski definition) is 7. The molecule has 38 heavy (non-hydrogen) atoms. The number of pyridine rings is 2. The van der Waals surface area contributed by atoms with Gasteiger partial charge >= 0.3 is 12.3 Å². The molecule has 0 atom stereocenters. The maximum absolute atomic E-state index is 13.8.